The van der Waals surface area contributed by atoms with Crippen LogP contribution in [0.5, 0.6) is 5.75 Å². The molecule has 0 aromatic heterocycles. The van der Waals surface area contributed by atoms with Crippen LogP contribution >= 0.6 is 0 Å². The smallest absolute Gasteiger partial charge is 0.119 e. The van der Waals surface area contributed by atoms with Crippen molar-refractivity contribution in [1.29, 1.82) is 0 Å². The van der Waals surface area contributed by atoms with E-state index in [0.717, 1.165) is 25.7 Å². The van der Waals surface area contributed by atoms with E-state index in [-0.39, 0.29) is 13.2 Å². The number of aliphatic hydroxyl groups excluding tert-OH is 1. The highest BCUT2D eigenvalue weighted by atomic mass is 16.5. The van der Waals surface area contributed by atoms with E-state index in [1.807, 2.05) is 6.07 Å². The van der Waals surface area contributed by atoms with Gasteiger partial charge < -0.3 is 26.4 Å². The van der Waals surface area contributed by atoms with Crippen LogP contribution in [-0.2, 0) is 0 Å². The SMILES string of the molecule is NC[C@@H](N)[C@@H](O)c1cccc(OCC2(O)CCCC2)c1. The molecule has 0 amide bonds. The molecule has 0 aliphatic heterocycles. The zero-order chi connectivity index (χ0) is 14.6. The standard InChI is InChI=1S/C15H24N2O3/c16-9-13(17)14(18)11-4-3-5-12(8-11)20-10-15(19)6-1-2-7-15/h3-5,8,13-14,18-19H,1-2,6-7,9-10,16-17H2/t13-,14+/m1/s1. The summed E-state index contributed by atoms with van der Waals surface area (Å²) in [4.78, 5) is 0. The first kappa shape index (κ1) is 15.3. The van der Waals surface area contributed by atoms with Crippen LogP contribution in [0.2, 0.25) is 0 Å². The summed E-state index contributed by atoms with van der Waals surface area (Å²) >= 11 is 0. The van der Waals surface area contributed by atoms with Gasteiger partial charge in [-0.25, -0.2) is 0 Å². The highest BCUT2D eigenvalue weighted by Gasteiger charge is 2.31. The second kappa shape index (κ2) is 6.54. The molecule has 1 aliphatic carbocycles. The summed E-state index contributed by atoms with van der Waals surface area (Å²) in [6, 6.07) is 6.65. The number of aliphatic hydroxyl groups is 2. The van der Waals surface area contributed by atoms with Crippen LogP contribution in [0.3, 0.4) is 0 Å². The quantitative estimate of drug-likeness (QED) is 0.614. The third-order valence-electron chi connectivity index (χ3n) is 3.92. The molecule has 1 aliphatic rings. The van der Waals surface area contributed by atoms with Gasteiger partial charge in [-0.3, -0.25) is 0 Å². The Hall–Kier alpha value is -1.14. The molecule has 0 radical (unpaired) electrons. The van der Waals surface area contributed by atoms with Gasteiger partial charge in [-0.15, -0.1) is 0 Å². The first-order valence-electron chi connectivity index (χ1n) is 7.13. The molecule has 0 heterocycles. The maximum Gasteiger partial charge on any atom is 0.119 e. The van der Waals surface area contributed by atoms with Crippen molar-refractivity contribution < 1.29 is 14.9 Å². The van der Waals surface area contributed by atoms with Gasteiger partial charge in [0.1, 0.15) is 12.4 Å². The number of hydrogen-bond donors (Lipinski definition) is 4. The molecule has 5 heteroatoms. The van der Waals surface area contributed by atoms with Gasteiger partial charge in [-0.05, 0) is 30.5 Å². The number of ether oxygens (including phenoxy) is 1. The Morgan fingerprint density at radius 1 is 1.30 bits per heavy atom. The summed E-state index contributed by atoms with van der Waals surface area (Å²) in [7, 11) is 0. The number of hydrogen-bond acceptors (Lipinski definition) is 5. The molecule has 5 nitrogen and oxygen atoms in total. The van der Waals surface area contributed by atoms with Gasteiger partial charge in [0.05, 0.1) is 11.7 Å². The molecule has 0 saturated heterocycles. The molecule has 1 fully saturated rings. The predicted octanol–water partition coefficient (Wildman–Crippen LogP) is 0.690. The monoisotopic (exact) mass is 280 g/mol. The normalized spacial score (nSPS) is 20.6. The maximum absolute atomic E-state index is 10.2. The minimum absolute atomic E-state index is 0.214. The topological polar surface area (TPSA) is 102 Å². The van der Waals surface area contributed by atoms with Crippen molar-refractivity contribution in [3.63, 3.8) is 0 Å². The molecule has 0 unspecified atom stereocenters. The fourth-order valence-electron chi connectivity index (χ4n) is 2.56. The summed E-state index contributed by atoms with van der Waals surface area (Å²) in [6.07, 6.45) is 2.85. The Morgan fingerprint density at radius 2 is 2.00 bits per heavy atom. The van der Waals surface area contributed by atoms with E-state index >= 15 is 0 Å². The molecule has 2 rings (SSSR count). The second-order valence-corrected chi connectivity index (χ2v) is 5.64. The van der Waals surface area contributed by atoms with E-state index < -0.39 is 17.7 Å². The second-order valence-electron chi connectivity index (χ2n) is 5.64. The molecular weight excluding hydrogens is 256 g/mol. The van der Waals surface area contributed by atoms with Crippen molar-refractivity contribution in [1.82, 2.24) is 0 Å². The Balaban J connectivity index is 1.99. The number of nitrogens with two attached hydrogens (primary N) is 2. The van der Waals surface area contributed by atoms with E-state index in [2.05, 4.69) is 0 Å². The van der Waals surface area contributed by atoms with Crippen LogP contribution in [-0.4, -0.2) is 35.0 Å². The zero-order valence-corrected chi connectivity index (χ0v) is 11.7. The van der Waals surface area contributed by atoms with Gasteiger partial charge >= 0.3 is 0 Å². The van der Waals surface area contributed by atoms with E-state index in [9.17, 15) is 10.2 Å². The Morgan fingerprint density at radius 3 is 2.65 bits per heavy atom. The van der Waals surface area contributed by atoms with Crippen molar-refractivity contribution >= 4 is 0 Å². The molecule has 2 atom stereocenters. The molecule has 1 aromatic carbocycles. The van der Waals surface area contributed by atoms with Crippen LogP contribution in [0.25, 0.3) is 0 Å². The lowest BCUT2D eigenvalue weighted by Gasteiger charge is -2.23. The molecule has 112 valence electrons. The third kappa shape index (κ3) is 3.70. The van der Waals surface area contributed by atoms with Gasteiger partial charge in [0.2, 0.25) is 0 Å². The van der Waals surface area contributed by atoms with Crippen LogP contribution in [0.1, 0.15) is 37.4 Å². The van der Waals surface area contributed by atoms with Crippen molar-refractivity contribution in [2.45, 2.75) is 43.4 Å². The molecule has 0 bridgehead atoms. The van der Waals surface area contributed by atoms with Gasteiger partial charge in [-0.2, -0.15) is 0 Å². The average Bonchev–Trinajstić information content (AvgIpc) is 2.91. The lowest BCUT2D eigenvalue weighted by molar-refractivity contribution is 0.00133. The average molecular weight is 280 g/mol. The minimum atomic E-state index is -0.807. The Labute approximate surface area is 119 Å². The minimum Gasteiger partial charge on any atom is -0.491 e. The number of benzene rings is 1. The molecular formula is C15H24N2O3. The van der Waals surface area contributed by atoms with E-state index in [1.165, 1.54) is 0 Å². The number of rotatable bonds is 6. The summed E-state index contributed by atoms with van der Waals surface area (Å²) in [5.74, 6) is 0.631. The van der Waals surface area contributed by atoms with Crippen molar-refractivity contribution in [2.75, 3.05) is 13.2 Å². The van der Waals surface area contributed by atoms with Gasteiger partial charge in [0.25, 0.3) is 0 Å². The van der Waals surface area contributed by atoms with Crippen LogP contribution < -0.4 is 16.2 Å². The fourth-order valence-corrected chi connectivity index (χ4v) is 2.56. The largest absolute Gasteiger partial charge is 0.491 e. The maximum atomic E-state index is 10.2. The summed E-state index contributed by atoms with van der Waals surface area (Å²) in [6.45, 7) is 0.501. The van der Waals surface area contributed by atoms with E-state index in [4.69, 9.17) is 16.2 Å². The molecule has 1 aromatic rings. The van der Waals surface area contributed by atoms with Crippen LogP contribution in [0.4, 0.5) is 0 Å². The van der Waals surface area contributed by atoms with E-state index in [0.29, 0.717) is 11.3 Å². The fraction of sp³-hybridized carbons (Fsp3) is 0.600. The van der Waals surface area contributed by atoms with Gasteiger partial charge in [0.15, 0.2) is 0 Å². The predicted molar refractivity (Wildman–Crippen MR) is 77.3 cm³/mol. The van der Waals surface area contributed by atoms with Crippen molar-refractivity contribution in [3.8, 4) is 5.75 Å². The van der Waals surface area contributed by atoms with Crippen LogP contribution in [0, 0.1) is 0 Å². The first-order valence-corrected chi connectivity index (χ1v) is 7.13. The van der Waals surface area contributed by atoms with Gasteiger partial charge in [-0.1, -0.05) is 25.0 Å². The summed E-state index contributed by atoms with van der Waals surface area (Å²) < 4.78 is 5.66. The Bertz CT molecular complexity index is 433. The lowest BCUT2D eigenvalue weighted by Crippen LogP contribution is -2.36. The molecule has 6 N–H and O–H groups in total. The van der Waals surface area contributed by atoms with Crippen LogP contribution in [0.15, 0.2) is 24.3 Å². The third-order valence-corrected chi connectivity index (χ3v) is 3.92. The molecule has 1 saturated carbocycles. The Kier molecular flexibility index (Phi) is 4.99. The summed E-state index contributed by atoms with van der Waals surface area (Å²) in [5, 5.41) is 20.3. The highest BCUT2D eigenvalue weighted by Crippen LogP contribution is 2.30. The van der Waals surface area contributed by atoms with Crippen molar-refractivity contribution in [2.24, 2.45) is 11.5 Å². The summed E-state index contributed by atoms with van der Waals surface area (Å²) in [5.41, 5.74) is 11.2. The van der Waals surface area contributed by atoms with Gasteiger partial charge in [0, 0.05) is 12.6 Å². The lowest BCUT2D eigenvalue weighted by atomic mass is 10.0. The molecule has 20 heavy (non-hydrogen) atoms. The first-order chi connectivity index (χ1) is 9.54. The molecule has 0 spiro atoms. The zero-order valence-electron chi connectivity index (χ0n) is 11.7. The van der Waals surface area contributed by atoms with Crippen molar-refractivity contribution in [3.05, 3.63) is 29.8 Å². The van der Waals surface area contributed by atoms with E-state index in [1.54, 1.807) is 18.2 Å². The highest BCUT2D eigenvalue weighted by molar-refractivity contribution is 5.30.